The third-order valence-corrected chi connectivity index (χ3v) is 6.14. The molecule has 0 aliphatic carbocycles. The Hall–Kier alpha value is -1.72. The summed E-state index contributed by atoms with van der Waals surface area (Å²) in [5.74, 6) is 0. The molecule has 0 saturated heterocycles. The number of rotatable bonds is 6. The predicted octanol–water partition coefficient (Wildman–Crippen LogP) is 4.05. The van der Waals surface area contributed by atoms with Crippen molar-refractivity contribution in [2.24, 2.45) is 11.5 Å². The van der Waals surface area contributed by atoms with Gasteiger partial charge in [0.15, 0.2) is 0 Å². The lowest BCUT2D eigenvalue weighted by Crippen LogP contribution is -2.47. The third-order valence-electron chi connectivity index (χ3n) is 6.14. The Bertz CT molecular complexity index is 617. The van der Waals surface area contributed by atoms with Crippen molar-refractivity contribution in [1.82, 2.24) is 9.80 Å². The van der Waals surface area contributed by atoms with E-state index in [9.17, 15) is 0 Å². The number of hydrogen-bond acceptors (Lipinski definition) is 4. The summed E-state index contributed by atoms with van der Waals surface area (Å²) in [6.07, 6.45) is 0. The smallest absolute Gasteiger partial charge is 0.0476 e. The van der Waals surface area contributed by atoms with E-state index in [2.05, 4.69) is 90.0 Å². The highest BCUT2D eigenvalue weighted by Crippen LogP contribution is 2.27. The molecule has 0 radical (unpaired) electrons. The summed E-state index contributed by atoms with van der Waals surface area (Å²) in [5.41, 5.74) is 14.8. The molecular weight excluding hydrogens is 344 g/mol. The molecule has 0 aliphatic heterocycles. The van der Waals surface area contributed by atoms with Gasteiger partial charge in [-0.05, 0) is 67.0 Å². The van der Waals surface area contributed by atoms with Crippen LogP contribution in [0.15, 0.2) is 60.7 Å². The zero-order valence-electron chi connectivity index (χ0n) is 19.0. The van der Waals surface area contributed by atoms with Gasteiger partial charge < -0.3 is 21.3 Å². The molecule has 0 spiro atoms. The molecule has 2 aromatic carbocycles. The maximum atomic E-state index is 6.23. The second-order valence-electron chi connectivity index (χ2n) is 8.87. The minimum absolute atomic E-state index is 0.0264. The zero-order chi connectivity index (χ0) is 21.5. The Morgan fingerprint density at radius 2 is 0.821 bits per heavy atom. The van der Waals surface area contributed by atoms with Gasteiger partial charge in [0.25, 0.3) is 0 Å². The Balaban J connectivity index is 0.000000280. The first-order valence-corrected chi connectivity index (χ1v) is 9.88. The van der Waals surface area contributed by atoms with Crippen molar-refractivity contribution in [1.29, 1.82) is 0 Å². The Morgan fingerprint density at radius 1 is 0.571 bits per heavy atom. The highest BCUT2D eigenvalue weighted by Gasteiger charge is 2.30. The zero-order valence-corrected chi connectivity index (χ0v) is 19.0. The van der Waals surface area contributed by atoms with E-state index in [4.69, 9.17) is 11.5 Å². The van der Waals surface area contributed by atoms with Crippen molar-refractivity contribution in [3.05, 3.63) is 71.8 Å². The molecule has 4 N–H and O–H groups in total. The molecule has 2 rings (SSSR count). The molecule has 4 heteroatoms. The van der Waals surface area contributed by atoms with Crippen LogP contribution in [-0.4, -0.2) is 49.1 Å². The average molecular weight is 385 g/mol. The minimum Gasteiger partial charge on any atom is -0.322 e. The largest absolute Gasteiger partial charge is 0.322 e. The van der Waals surface area contributed by atoms with E-state index in [1.54, 1.807) is 0 Å². The van der Waals surface area contributed by atoms with E-state index in [1.165, 1.54) is 11.1 Å². The summed E-state index contributed by atoms with van der Waals surface area (Å²) in [6, 6.07) is 20.5. The molecule has 0 amide bonds. The van der Waals surface area contributed by atoms with Gasteiger partial charge in [-0.2, -0.15) is 0 Å². The lowest BCUT2D eigenvalue weighted by atomic mass is 9.88. The number of nitrogens with zero attached hydrogens (tertiary/aromatic N) is 2. The van der Waals surface area contributed by atoms with Gasteiger partial charge in [0.2, 0.25) is 0 Å². The first-order valence-electron chi connectivity index (χ1n) is 9.88. The van der Waals surface area contributed by atoms with Crippen molar-refractivity contribution < 1.29 is 0 Å². The van der Waals surface area contributed by atoms with E-state index in [0.29, 0.717) is 0 Å². The van der Waals surface area contributed by atoms with Gasteiger partial charge in [-0.3, -0.25) is 0 Å². The van der Waals surface area contributed by atoms with Crippen LogP contribution in [0.3, 0.4) is 0 Å². The molecule has 0 aliphatic rings. The van der Waals surface area contributed by atoms with Crippen molar-refractivity contribution in [3.63, 3.8) is 0 Å². The van der Waals surface area contributed by atoms with Crippen LogP contribution in [0.25, 0.3) is 0 Å². The van der Waals surface area contributed by atoms with Crippen LogP contribution < -0.4 is 11.5 Å². The molecule has 0 heterocycles. The molecule has 2 unspecified atom stereocenters. The summed E-state index contributed by atoms with van der Waals surface area (Å²) < 4.78 is 0. The molecule has 0 aromatic heterocycles. The molecule has 0 fully saturated rings. The van der Waals surface area contributed by atoms with Crippen molar-refractivity contribution in [2.75, 3.05) is 28.2 Å². The van der Waals surface area contributed by atoms with Gasteiger partial charge in [-0.1, -0.05) is 60.7 Å². The van der Waals surface area contributed by atoms with Crippen LogP contribution in [0.1, 0.15) is 50.9 Å². The van der Waals surface area contributed by atoms with Crippen molar-refractivity contribution in [2.45, 2.75) is 50.9 Å². The standard InChI is InChI=1S/2C12H20N2/c2*1-12(2,14(3)4)11(13)10-8-6-5-7-9-10/h2*5-9,11H,13H2,1-4H3. The molecule has 28 heavy (non-hydrogen) atoms. The van der Waals surface area contributed by atoms with Crippen LogP contribution in [0.2, 0.25) is 0 Å². The maximum Gasteiger partial charge on any atom is 0.0476 e. The fourth-order valence-corrected chi connectivity index (χ4v) is 2.69. The second kappa shape index (κ2) is 10.2. The van der Waals surface area contributed by atoms with Crippen LogP contribution in [0, 0.1) is 0 Å². The second-order valence-corrected chi connectivity index (χ2v) is 8.87. The molecule has 0 saturated carbocycles. The van der Waals surface area contributed by atoms with E-state index < -0.39 is 0 Å². The van der Waals surface area contributed by atoms with E-state index in [1.807, 2.05) is 36.4 Å². The van der Waals surface area contributed by atoms with E-state index in [0.717, 1.165) is 0 Å². The van der Waals surface area contributed by atoms with Gasteiger partial charge in [-0.15, -0.1) is 0 Å². The minimum atomic E-state index is -0.0264. The summed E-state index contributed by atoms with van der Waals surface area (Å²) in [6.45, 7) is 8.63. The van der Waals surface area contributed by atoms with Gasteiger partial charge >= 0.3 is 0 Å². The van der Waals surface area contributed by atoms with Gasteiger partial charge in [0.05, 0.1) is 0 Å². The van der Waals surface area contributed by atoms with E-state index >= 15 is 0 Å². The normalized spacial score (nSPS) is 14.4. The molecule has 2 aromatic rings. The summed E-state index contributed by atoms with van der Waals surface area (Å²) in [5, 5.41) is 0. The van der Waals surface area contributed by atoms with Crippen LogP contribution in [0.5, 0.6) is 0 Å². The summed E-state index contributed by atoms with van der Waals surface area (Å²) >= 11 is 0. The Kier molecular flexibility index (Phi) is 8.83. The van der Waals surface area contributed by atoms with Gasteiger partial charge in [0, 0.05) is 23.2 Å². The third kappa shape index (κ3) is 6.14. The highest BCUT2D eigenvalue weighted by atomic mass is 15.2. The number of likely N-dealkylation sites (N-methyl/N-ethyl adjacent to an activating group) is 2. The lowest BCUT2D eigenvalue weighted by Gasteiger charge is -2.38. The number of nitrogens with two attached hydrogens (primary N) is 2. The maximum absolute atomic E-state index is 6.23. The summed E-state index contributed by atoms with van der Waals surface area (Å²) in [4.78, 5) is 4.31. The predicted molar refractivity (Wildman–Crippen MR) is 122 cm³/mol. The quantitative estimate of drug-likeness (QED) is 0.789. The monoisotopic (exact) mass is 384 g/mol. The Labute approximate surface area is 172 Å². The fourth-order valence-electron chi connectivity index (χ4n) is 2.69. The molecular formula is C24H40N4. The SMILES string of the molecule is CN(C)C(C)(C)C(N)c1ccccc1.CN(C)C(C)(C)C(N)c1ccccc1. The lowest BCUT2D eigenvalue weighted by molar-refractivity contribution is 0.159. The fraction of sp³-hybridized carbons (Fsp3) is 0.500. The molecule has 2 atom stereocenters. The molecule has 0 bridgehead atoms. The van der Waals surface area contributed by atoms with Crippen LogP contribution in [0.4, 0.5) is 0 Å². The van der Waals surface area contributed by atoms with Crippen LogP contribution in [-0.2, 0) is 0 Å². The first-order chi connectivity index (χ1) is 12.9. The average Bonchev–Trinajstić information content (AvgIpc) is 2.68. The van der Waals surface area contributed by atoms with Gasteiger partial charge in [0.1, 0.15) is 0 Å². The van der Waals surface area contributed by atoms with Crippen LogP contribution >= 0.6 is 0 Å². The van der Waals surface area contributed by atoms with Crippen molar-refractivity contribution in [3.8, 4) is 0 Å². The summed E-state index contributed by atoms with van der Waals surface area (Å²) in [7, 11) is 8.23. The topological polar surface area (TPSA) is 58.5 Å². The Morgan fingerprint density at radius 3 is 1.04 bits per heavy atom. The van der Waals surface area contributed by atoms with Gasteiger partial charge in [-0.25, -0.2) is 0 Å². The van der Waals surface area contributed by atoms with E-state index in [-0.39, 0.29) is 23.2 Å². The number of benzene rings is 2. The van der Waals surface area contributed by atoms with Crippen molar-refractivity contribution >= 4 is 0 Å². The number of hydrogen-bond donors (Lipinski definition) is 2. The highest BCUT2D eigenvalue weighted by molar-refractivity contribution is 5.22. The molecule has 4 nitrogen and oxygen atoms in total. The first kappa shape index (κ1) is 24.3. The molecule has 156 valence electrons.